The molecule has 0 bridgehead atoms. The van der Waals surface area contributed by atoms with Crippen molar-refractivity contribution in [3.63, 3.8) is 0 Å². The summed E-state index contributed by atoms with van der Waals surface area (Å²) in [7, 11) is -4.25. The summed E-state index contributed by atoms with van der Waals surface area (Å²) in [5.74, 6) is -0.821. The molecule has 1 atom stereocenters. The number of nitrogens with zero attached hydrogens (tertiary/aromatic N) is 2. The highest BCUT2D eigenvalue weighted by molar-refractivity contribution is 7.92. The number of carbonyl (C=O) groups is 1. The minimum absolute atomic E-state index is 0.0487. The molecule has 0 aliphatic carbocycles. The normalized spacial score (nSPS) is 12.4. The van der Waals surface area contributed by atoms with E-state index in [0.29, 0.717) is 18.0 Å². The fourth-order valence-electron chi connectivity index (χ4n) is 4.11. The second kappa shape index (κ2) is 12.4. The average molecular weight is 557 g/mol. The largest absolute Gasteiger partial charge is 0.484 e. The second-order valence-corrected chi connectivity index (χ2v) is 11.8. The smallest absolute Gasteiger partial charge is 0.335 e. The number of nitrogens with two attached hydrogens (primary N) is 1. The van der Waals surface area contributed by atoms with E-state index in [4.69, 9.17) is 15.2 Å². The lowest BCUT2D eigenvalue weighted by Crippen LogP contribution is -2.30. The number of sulfonamides is 1. The number of hydrogen-bond donors (Lipinski definition) is 3. The van der Waals surface area contributed by atoms with Gasteiger partial charge >= 0.3 is 5.97 Å². The minimum atomic E-state index is -4.25. The molecule has 3 rings (SSSR count). The molecule has 0 spiro atoms. The van der Waals surface area contributed by atoms with Crippen LogP contribution in [0.15, 0.2) is 47.4 Å². The van der Waals surface area contributed by atoms with Crippen LogP contribution >= 0.6 is 0 Å². The molecule has 0 radical (unpaired) electrons. The molecule has 0 amide bonds. The van der Waals surface area contributed by atoms with Gasteiger partial charge in [0.15, 0.2) is 0 Å². The van der Waals surface area contributed by atoms with Gasteiger partial charge in [0.25, 0.3) is 15.9 Å². The maximum Gasteiger partial charge on any atom is 0.335 e. The van der Waals surface area contributed by atoms with E-state index in [1.165, 1.54) is 18.2 Å². The molecular formula is C28H36N4O6S. The van der Waals surface area contributed by atoms with Crippen molar-refractivity contribution < 1.29 is 27.8 Å². The van der Waals surface area contributed by atoms with E-state index in [9.17, 15) is 18.3 Å². The van der Waals surface area contributed by atoms with Gasteiger partial charge in [-0.3, -0.25) is 0 Å². The Morgan fingerprint density at radius 3 is 2.28 bits per heavy atom. The third-order valence-corrected chi connectivity index (χ3v) is 7.06. The molecule has 0 fully saturated rings. The molecule has 39 heavy (non-hydrogen) atoms. The summed E-state index contributed by atoms with van der Waals surface area (Å²) in [6.45, 7) is 11.8. The first kappa shape index (κ1) is 29.9. The van der Waals surface area contributed by atoms with Gasteiger partial charge in [0.2, 0.25) is 11.7 Å². The zero-order chi connectivity index (χ0) is 28.9. The third-order valence-electron chi connectivity index (χ3n) is 5.73. The van der Waals surface area contributed by atoms with Crippen molar-refractivity contribution in [2.24, 2.45) is 11.7 Å². The van der Waals surface area contributed by atoms with Crippen LogP contribution < -0.4 is 19.9 Å². The van der Waals surface area contributed by atoms with Crippen LogP contribution in [0.5, 0.6) is 11.6 Å². The van der Waals surface area contributed by atoms with E-state index < -0.39 is 16.0 Å². The standard InChI is InChI=1S/C28H36N4O6S/c1-16(2)13-21(29)15-37-26-25(38-17(3)4)24(23-18(5)9-7-10-19(23)6)30-28(31-26)32-39(35,36)22-12-8-11-20(14-22)27(33)34/h7-12,14,16-17,21H,13,15,29H2,1-6H3,(H,33,34)(H,30,31,32)/t21-/m1/s1. The number of aromatic nitrogens is 2. The van der Waals surface area contributed by atoms with Gasteiger partial charge in [-0.2, -0.15) is 4.98 Å². The second-order valence-electron chi connectivity index (χ2n) is 10.1. The minimum Gasteiger partial charge on any atom is -0.484 e. The molecule has 1 heterocycles. The number of benzene rings is 2. The highest BCUT2D eigenvalue weighted by Crippen LogP contribution is 2.40. The van der Waals surface area contributed by atoms with Gasteiger partial charge in [0, 0.05) is 11.6 Å². The number of ether oxygens (including phenoxy) is 2. The molecule has 2 aromatic carbocycles. The molecule has 0 saturated carbocycles. The van der Waals surface area contributed by atoms with Crippen LogP contribution in [0.4, 0.5) is 5.95 Å². The van der Waals surface area contributed by atoms with Crippen molar-refractivity contribution in [2.45, 2.75) is 65.0 Å². The molecule has 0 unspecified atom stereocenters. The fourth-order valence-corrected chi connectivity index (χ4v) is 5.10. The molecule has 3 aromatic rings. The first-order chi connectivity index (χ1) is 18.3. The van der Waals surface area contributed by atoms with E-state index in [2.05, 4.69) is 28.5 Å². The number of aromatic carboxylic acids is 1. The Kier molecular flexibility index (Phi) is 9.52. The van der Waals surface area contributed by atoms with Crippen LogP contribution in [-0.2, 0) is 10.0 Å². The summed E-state index contributed by atoms with van der Waals surface area (Å²) < 4.78 is 41.0. The Morgan fingerprint density at radius 2 is 1.69 bits per heavy atom. The van der Waals surface area contributed by atoms with Gasteiger partial charge in [0.05, 0.1) is 16.6 Å². The summed E-state index contributed by atoms with van der Waals surface area (Å²) >= 11 is 0. The summed E-state index contributed by atoms with van der Waals surface area (Å²) in [5.41, 5.74) is 8.99. The maximum atomic E-state index is 13.2. The van der Waals surface area contributed by atoms with Crippen molar-refractivity contribution in [2.75, 3.05) is 11.3 Å². The van der Waals surface area contributed by atoms with Crippen LogP contribution in [0.2, 0.25) is 0 Å². The number of hydrogen-bond acceptors (Lipinski definition) is 8. The van der Waals surface area contributed by atoms with Gasteiger partial charge in [-0.05, 0) is 69.4 Å². The van der Waals surface area contributed by atoms with E-state index in [0.717, 1.165) is 22.8 Å². The van der Waals surface area contributed by atoms with Crippen LogP contribution in [0.1, 0.15) is 55.6 Å². The van der Waals surface area contributed by atoms with Gasteiger partial charge in [0.1, 0.15) is 12.3 Å². The molecule has 0 aliphatic rings. The quantitative estimate of drug-likeness (QED) is 0.285. The fraction of sp³-hybridized carbons (Fsp3) is 0.393. The monoisotopic (exact) mass is 556 g/mol. The zero-order valence-electron chi connectivity index (χ0n) is 23.1. The Morgan fingerprint density at radius 1 is 1.05 bits per heavy atom. The number of nitrogens with one attached hydrogen (secondary N) is 1. The Hall–Kier alpha value is -3.70. The molecule has 4 N–H and O–H groups in total. The predicted octanol–water partition coefficient (Wildman–Crippen LogP) is 4.80. The van der Waals surface area contributed by atoms with Crippen molar-refractivity contribution in [1.29, 1.82) is 0 Å². The van der Waals surface area contributed by atoms with Gasteiger partial charge < -0.3 is 20.3 Å². The lowest BCUT2D eigenvalue weighted by molar-refractivity contribution is 0.0696. The van der Waals surface area contributed by atoms with Crippen LogP contribution in [-0.4, -0.2) is 48.2 Å². The van der Waals surface area contributed by atoms with E-state index >= 15 is 0 Å². The number of carboxylic acids is 1. The number of rotatable bonds is 12. The topological polar surface area (TPSA) is 154 Å². The van der Waals surface area contributed by atoms with Gasteiger partial charge in [-0.15, -0.1) is 0 Å². The van der Waals surface area contributed by atoms with Gasteiger partial charge in [-0.25, -0.2) is 22.9 Å². The molecule has 1 aromatic heterocycles. The van der Waals surface area contributed by atoms with Crippen molar-refractivity contribution in [3.05, 3.63) is 59.2 Å². The van der Waals surface area contributed by atoms with Crippen LogP contribution in [0, 0.1) is 19.8 Å². The zero-order valence-corrected chi connectivity index (χ0v) is 23.9. The molecule has 0 aliphatic heterocycles. The Labute approximate surface area is 229 Å². The van der Waals surface area contributed by atoms with Crippen molar-refractivity contribution >= 4 is 21.9 Å². The first-order valence-electron chi connectivity index (χ1n) is 12.7. The summed E-state index contributed by atoms with van der Waals surface area (Å²) in [4.78, 5) is 20.1. The number of carboxylic acid groups (broad SMARTS) is 1. The molecule has 10 nitrogen and oxygen atoms in total. The first-order valence-corrected chi connectivity index (χ1v) is 14.2. The molecule has 210 valence electrons. The molecular weight excluding hydrogens is 520 g/mol. The maximum absolute atomic E-state index is 13.2. The van der Waals surface area contributed by atoms with Crippen LogP contribution in [0.25, 0.3) is 11.3 Å². The number of aryl methyl sites for hydroxylation is 2. The van der Waals surface area contributed by atoms with Crippen molar-refractivity contribution in [1.82, 2.24) is 9.97 Å². The SMILES string of the molecule is Cc1cccc(C)c1-c1nc(NS(=O)(=O)c2cccc(C(=O)O)c2)nc(OC[C@H](N)CC(C)C)c1OC(C)C. The van der Waals surface area contributed by atoms with Gasteiger partial charge in [-0.1, -0.05) is 38.1 Å². The summed E-state index contributed by atoms with van der Waals surface area (Å²) in [6, 6.07) is 10.5. The Balaban J connectivity index is 2.17. The summed E-state index contributed by atoms with van der Waals surface area (Å²) in [6.07, 6.45) is 0.457. The molecule has 11 heteroatoms. The van der Waals surface area contributed by atoms with E-state index in [1.54, 1.807) is 0 Å². The average Bonchev–Trinajstić information content (AvgIpc) is 2.83. The molecule has 0 saturated heterocycles. The number of anilines is 1. The third kappa shape index (κ3) is 7.67. The van der Waals surface area contributed by atoms with E-state index in [-0.39, 0.29) is 46.8 Å². The lowest BCUT2D eigenvalue weighted by Gasteiger charge is -2.21. The highest BCUT2D eigenvalue weighted by Gasteiger charge is 2.26. The highest BCUT2D eigenvalue weighted by atomic mass is 32.2. The van der Waals surface area contributed by atoms with E-state index in [1.807, 2.05) is 45.9 Å². The predicted molar refractivity (Wildman–Crippen MR) is 150 cm³/mol. The van der Waals surface area contributed by atoms with Crippen molar-refractivity contribution in [3.8, 4) is 22.9 Å². The lowest BCUT2D eigenvalue weighted by atomic mass is 9.99. The summed E-state index contributed by atoms with van der Waals surface area (Å²) in [5, 5.41) is 9.30. The Bertz CT molecular complexity index is 1420. The van der Waals surface area contributed by atoms with Crippen LogP contribution in [0.3, 0.4) is 0 Å².